The van der Waals surface area contributed by atoms with Gasteiger partial charge in [0.15, 0.2) is 12.2 Å². The van der Waals surface area contributed by atoms with Crippen LogP contribution in [0, 0.1) is 0 Å². The highest BCUT2D eigenvalue weighted by atomic mass is 16.7. The highest BCUT2D eigenvalue weighted by molar-refractivity contribution is 5.70. The van der Waals surface area contributed by atoms with Gasteiger partial charge in [-0.15, -0.1) is 0 Å². The summed E-state index contributed by atoms with van der Waals surface area (Å²) in [6, 6.07) is 0. The van der Waals surface area contributed by atoms with Crippen LogP contribution < -0.4 is 0 Å². The van der Waals surface area contributed by atoms with Gasteiger partial charge in [-0.1, -0.05) is 141 Å². The van der Waals surface area contributed by atoms with E-state index in [4.69, 9.17) is 18.9 Å². The van der Waals surface area contributed by atoms with Gasteiger partial charge in [0.25, 0.3) is 0 Å². The molecule has 0 spiro atoms. The lowest BCUT2D eigenvalue weighted by Gasteiger charge is -2.17. The van der Waals surface area contributed by atoms with Crippen LogP contribution in [0.5, 0.6) is 0 Å². The lowest BCUT2D eigenvalue weighted by atomic mass is 10.1. The third-order valence-corrected chi connectivity index (χ3v) is 9.81. The van der Waals surface area contributed by atoms with Crippen molar-refractivity contribution in [1.29, 1.82) is 0 Å². The van der Waals surface area contributed by atoms with Crippen LogP contribution in [0.4, 0.5) is 0 Å². The molecule has 6 heteroatoms. The fourth-order valence-electron chi connectivity index (χ4n) is 6.77. The Labute approximate surface area is 295 Å². The van der Waals surface area contributed by atoms with Crippen molar-refractivity contribution in [3.63, 3.8) is 0 Å². The van der Waals surface area contributed by atoms with Gasteiger partial charge in [0, 0.05) is 12.8 Å². The van der Waals surface area contributed by atoms with Gasteiger partial charge in [-0.05, 0) is 64.2 Å². The predicted octanol–water partition coefficient (Wildman–Crippen LogP) is 11.7. The van der Waals surface area contributed by atoms with Gasteiger partial charge in [0.1, 0.15) is 12.2 Å². The minimum atomic E-state index is -0.417. The number of hydrogen-bond donors (Lipinski definition) is 0. The van der Waals surface area contributed by atoms with Crippen LogP contribution >= 0.6 is 0 Å². The molecule has 2 heterocycles. The topological polar surface area (TPSA) is 71.1 Å². The van der Waals surface area contributed by atoms with Gasteiger partial charge in [-0.2, -0.15) is 0 Å². The Morgan fingerprint density at radius 3 is 1.08 bits per heavy atom. The number of unbranched alkanes of at least 4 members (excludes halogenated alkanes) is 22. The van der Waals surface area contributed by atoms with Crippen LogP contribution in [0.25, 0.3) is 0 Å². The third kappa shape index (κ3) is 21.4. The second-order valence-electron chi connectivity index (χ2n) is 14.3. The number of fused-ring (bicyclic) bond motifs is 1. The van der Waals surface area contributed by atoms with E-state index in [1.54, 1.807) is 0 Å². The van der Waals surface area contributed by atoms with E-state index in [0.29, 0.717) is 26.1 Å². The largest absolute Gasteiger partial charge is 0.457 e. The van der Waals surface area contributed by atoms with Crippen molar-refractivity contribution in [2.75, 3.05) is 13.2 Å². The number of carbonyl (C=O) groups excluding carboxylic acids is 2. The van der Waals surface area contributed by atoms with Gasteiger partial charge in [-0.3, -0.25) is 9.59 Å². The van der Waals surface area contributed by atoms with E-state index in [1.807, 2.05) is 0 Å². The Morgan fingerprint density at radius 2 is 0.750 bits per heavy atom. The fourth-order valence-corrected chi connectivity index (χ4v) is 6.77. The number of hydrogen-bond acceptors (Lipinski definition) is 6. The minimum absolute atomic E-state index is 0.185. The third-order valence-electron chi connectivity index (χ3n) is 9.81. The zero-order chi connectivity index (χ0) is 34.3. The number of ether oxygens (including phenoxy) is 4. The molecule has 0 aromatic carbocycles. The van der Waals surface area contributed by atoms with Crippen LogP contribution in [-0.2, 0) is 28.5 Å². The molecule has 0 N–H and O–H groups in total. The van der Waals surface area contributed by atoms with Gasteiger partial charge in [0.05, 0.1) is 13.2 Å². The molecular formula is C42H74O6. The molecule has 2 aliphatic heterocycles. The maximum absolute atomic E-state index is 12.5. The lowest BCUT2D eigenvalue weighted by Crippen LogP contribution is -2.35. The Balaban J connectivity index is 1.40. The molecule has 2 fully saturated rings. The summed E-state index contributed by atoms with van der Waals surface area (Å²) >= 11 is 0. The average Bonchev–Trinajstić information content (AvgIpc) is 3.67. The first kappa shape index (κ1) is 42.5. The summed E-state index contributed by atoms with van der Waals surface area (Å²) in [5.41, 5.74) is 0. The lowest BCUT2D eigenvalue weighted by molar-refractivity contribution is -0.155. The number of esters is 2. The maximum atomic E-state index is 12.5. The van der Waals surface area contributed by atoms with Crippen molar-refractivity contribution < 1.29 is 28.5 Å². The summed E-state index contributed by atoms with van der Waals surface area (Å²) in [6.07, 6.45) is 40.8. The van der Waals surface area contributed by atoms with Crippen LogP contribution in [-0.4, -0.2) is 49.6 Å². The SMILES string of the molecule is CCCCCCCCC=CCCCCCCCC(=O)OC1COC2C(OC(=O)CCCCCCCC=CCCCCCCCC)COC12. The fraction of sp³-hybridized carbons (Fsp3) is 0.857. The molecule has 48 heavy (non-hydrogen) atoms. The molecule has 278 valence electrons. The highest BCUT2D eigenvalue weighted by Gasteiger charge is 2.51. The first-order chi connectivity index (χ1) is 23.7. The van der Waals surface area contributed by atoms with Crippen LogP contribution in [0.3, 0.4) is 0 Å². The summed E-state index contributed by atoms with van der Waals surface area (Å²) < 4.78 is 23.2. The Hall–Kier alpha value is -1.66. The number of allylic oxidation sites excluding steroid dienone is 4. The second-order valence-corrected chi connectivity index (χ2v) is 14.3. The first-order valence-electron chi connectivity index (χ1n) is 20.6. The smallest absolute Gasteiger partial charge is 0.306 e. The molecule has 0 amide bonds. The quantitative estimate of drug-likeness (QED) is 0.0402. The van der Waals surface area contributed by atoms with E-state index < -0.39 is 12.2 Å². The molecule has 2 saturated heterocycles. The van der Waals surface area contributed by atoms with Crippen LogP contribution in [0.2, 0.25) is 0 Å². The Bertz CT molecular complexity index is 770. The van der Waals surface area contributed by atoms with E-state index >= 15 is 0 Å². The van der Waals surface area contributed by atoms with Gasteiger partial charge >= 0.3 is 11.9 Å². The minimum Gasteiger partial charge on any atom is -0.457 e. The van der Waals surface area contributed by atoms with E-state index in [0.717, 1.165) is 51.4 Å². The van der Waals surface area contributed by atoms with Crippen molar-refractivity contribution >= 4 is 11.9 Å². The van der Waals surface area contributed by atoms with E-state index in [1.165, 1.54) is 116 Å². The van der Waals surface area contributed by atoms with Crippen molar-refractivity contribution in [2.45, 2.75) is 218 Å². The molecule has 2 aliphatic rings. The maximum Gasteiger partial charge on any atom is 0.306 e. The average molecular weight is 675 g/mol. The summed E-state index contributed by atoms with van der Waals surface area (Å²) in [5.74, 6) is -0.370. The molecule has 0 saturated carbocycles. The van der Waals surface area contributed by atoms with E-state index in [9.17, 15) is 9.59 Å². The Kier molecular flexibility index (Phi) is 26.7. The molecule has 6 nitrogen and oxygen atoms in total. The standard InChI is InChI=1S/C42H74O6/c1-3-5-7-9-11-13-15-17-19-21-23-25-27-29-31-33-39(43)47-37-35-45-42-38(36-46-41(37)42)48-40(44)34-32-30-28-26-24-22-20-18-16-14-12-10-8-6-4-2/h17-20,37-38,41-42H,3-16,21-36H2,1-2H3. The molecular weight excluding hydrogens is 600 g/mol. The summed E-state index contributed by atoms with van der Waals surface area (Å²) in [5, 5.41) is 0. The van der Waals surface area contributed by atoms with Gasteiger partial charge in [-0.25, -0.2) is 0 Å². The first-order valence-corrected chi connectivity index (χ1v) is 20.6. The molecule has 0 radical (unpaired) electrons. The van der Waals surface area contributed by atoms with Crippen molar-refractivity contribution in [2.24, 2.45) is 0 Å². The van der Waals surface area contributed by atoms with Crippen LogP contribution in [0.15, 0.2) is 24.3 Å². The molecule has 0 aliphatic carbocycles. The molecule has 2 rings (SSSR count). The van der Waals surface area contributed by atoms with Gasteiger partial charge < -0.3 is 18.9 Å². The monoisotopic (exact) mass is 675 g/mol. The summed E-state index contributed by atoms with van der Waals surface area (Å²) in [7, 11) is 0. The molecule has 4 atom stereocenters. The summed E-state index contributed by atoms with van der Waals surface area (Å²) in [6.45, 7) is 5.13. The summed E-state index contributed by atoms with van der Waals surface area (Å²) in [4.78, 5) is 24.9. The molecule has 0 aromatic heterocycles. The Morgan fingerprint density at radius 1 is 0.458 bits per heavy atom. The highest BCUT2D eigenvalue weighted by Crippen LogP contribution is 2.31. The van der Waals surface area contributed by atoms with Gasteiger partial charge in [0.2, 0.25) is 0 Å². The molecule has 0 bridgehead atoms. The van der Waals surface area contributed by atoms with Crippen molar-refractivity contribution in [3.8, 4) is 0 Å². The molecule has 4 unspecified atom stereocenters. The zero-order valence-electron chi connectivity index (χ0n) is 31.3. The second kappa shape index (κ2) is 30.2. The zero-order valence-corrected chi connectivity index (χ0v) is 31.3. The predicted molar refractivity (Wildman–Crippen MR) is 198 cm³/mol. The normalized spacial score (nSPS) is 20.6. The van der Waals surface area contributed by atoms with Crippen LogP contribution in [0.1, 0.15) is 194 Å². The van der Waals surface area contributed by atoms with Crippen molar-refractivity contribution in [1.82, 2.24) is 0 Å². The number of rotatable bonds is 32. The van der Waals surface area contributed by atoms with Crippen molar-refractivity contribution in [3.05, 3.63) is 24.3 Å². The van der Waals surface area contributed by atoms with E-state index in [2.05, 4.69) is 38.2 Å². The number of carbonyl (C=O) groups is 2. The molecule has 0 aromatic rings. The van der Waals surface area contributed by atoms with E-state index in [-0.39, 0.29) is 24.1 Å².